The van der Waals surface area contributed by atoms with Crippen molar-refractivity contribution in [1.82, 2.24) is 9.47 Å². The van der Waals surface area contributed by atoms with Crippen LogP contribution < -0.4 is 0 Å². The van der Waals surface area contributed by atoms with Crippen molar-refractivity contribution in [1.29, 1.82) is 5.26 Å². The highest BCUT2D eigenvalue weighted by molar-refractivity contribution is 5.93. The van der Waals surface area contributed by atoms with Gasteiger partial charge in [-0.1, -0.05) is 24.3 Å². The molecule has 1 unspecified atom stereocenters. The molecule has 0 N–H and O–H groups in total. The summed E-state index contributed by atoms with van der Waals surface area (Å²) in [7, 11) is 2.10. The van der Waals surface area contributed by atoms with E-state index < -0.39 is 0 Å². The SMILES string of the molecule is CC(C#N)N1CC=C(c2cn(C)c3ccccc23)CC1. The van der Waals surface area contributed by atoms with Gasteiger partial charge in [0, 0.05) is 42.8 Å². The standard InChI is InChI=1S/C17H19N3/c1-13(11-18)20-9-7-14(8-10-20)16-12-19(2)17-6-4-3-5-15(16)17/h3-7,12-13H,8-10H2,1-2H3. The molecule has 0 saturated heterocycles. The van der Waals surface area contributed by atoms with Crippen LogP contribution in [0.3, 0.4) is 0 Å². The van der Waals surface area contributed by atoms with Gasteiger partial charge in [0.05, 0.1) is 12.1 Å². The summed E-state index contributed by atoms with van der Waals surface area (Å²) in [6, 6.07) is 10.8. The highest BCUT2D eigenvalue weighted by atomic mass is 15.1. The number of para-hydroxylation sites is 1. The number of fused-ring (bicyclic) bond motifs is 1. The van der Waals surface area contributed by atoms with Gasteiger partial charge in [0.25, 0.3) is 0 Å². The van der Waals surface area contributed by atoms with Crippen LogP contribution in [0.25, 0.3) is 16.5 Å². The Bertz CT molecular complexity index is 703. The summed E-state index contributed by atoms with van der Waals surface area (Å²) in [6.45, 7) is 3.80. The van der Waals surface area contributed by atoms with Crippen molar-refractivity contribution in [3.8, 4) is 6.07 Å². The first kappa shape index (κ1) is 13.0. The molecule has 102 valence electrons. The van der Waals surface area contributed by atoms with Crippen molar-refractivity contribution in [3.63, 3.8) is 0 Å². The van der Waals surface area contributed by atoms with E-state index in [1.807, 2.05) is 6.92 Å². The molecule has 1 aromatic heterocycles. The fraction of sp³-hybridized carbons (Fsp3) is 0.353. The van der Waals surface area contributed by atoms with E-state index in [0.29, 0.717) is 0 Å². The summed E-state index contributed by atoms with van der Waals surface area (Å²) in [5, 5.41) is 10.3. The van der Waals surface area contributed by atoms with Crippen LogP contribution in [-0.2, 0) is 7.05 Å². The Morgan fingerprint density at radius 1 is 1.30 bits per heavy atom. The molecular formula is C17H19N3. The number of aryl methyl sites for hydroxylation is 1. The molecule has 0 saturated carbocycles. The molecule has 0 fully saturated rings. The fourth-order valence-corrected chi connectivity index (χ4v) is 2.96. The molecule has 3 heteroatoms. The van der Waals surface area contributed by atoms with Gasteiger partial charge in [-0.25, -0.2) is 0 Å². The molecule has 2 aromatic rings. The second-order valence-electron chi connectivity index (χ2n) is 5.45. The molecule has 0 spiro atoms. The summed E-state index contributed by atoms with van der Waals surface area (Å²) in [5.41, 5.74) is 4.02. The van der Waals surface area contributed by atoms with Crippen LogP contribution >= 0.6 is 0 Å². The molecule has 1 aliphatic rings. The molecule has 20 heavy (non-hydrogen) atoms. The molecule has 1 aromatic carbocycles. The van der Waals surface area contributed by atoms with Crippen LogP contribution in [0.2, 0.25) is 0 Å². The van der Waals surface area contributed by atoms with E-state index >= 15 is 0 Å². The van der Waals surface area contributed by atoms with Gasteiger partial charge in [-0.15, -0.1) is 0 Å². The molecule has 0 amide bonds. The number of hydrogen-bond donors (Lipinski definition) is 0. The Morgan fingerprint density at radius 3 is 2.80 bits per heavy atom. The molecule has 3 rings (SSSR count). The van der Waals surface area contributed by atoms with Gasteiger partial charge in [0.15, 0.2) is 0 Å². The molecule has 3 nitrogen and oxygen atoms in total. The number of rotatable bonds is 2. The first-order chi connectivity index (χ1) is 9.70. The van der Waals surface area contributed by atoms with E-state index in [1.165, 1.54) is 22.0 Å². The summed E-state index contributed by atoms with van der Waals surface area (Å²) in [6.07, 6.45) is 5.51. The quantitative estimate of drug-likeness (QED) is 0.835. The number of benzene rings is 1. The third-order valence-corrected chi connectivity index (χ3v) is 4.22. The van der Waals surface area contributed by atoms with Crippen molar-refractivity contribution in [2.75, 3.05) is 13.1 Å². The lowest BCUT2D eigenvalue weighted by Gasteiger charge is -2.28. The largest absolute Gasteiger partial charge is 0.350 e. The highest BCUT2D eigenvalue weighted by Crippen LogP contribution is 2.30. The predicted octanol–water partition coefficient (Wildman–Crippen LogP) is 3.18. The zero-order chi connectivity index (χ0) is 14.1. The minimum absolute atomic E-state index is 0.000294. The smallest absolute Gasteiger partial charge is 0.0952 e. The third-order valence-electron chi connectivity index (χ3n) is 4.22. The molecular weight excluding hydrogens is 246 g/mol. The first-order valence-electron chi connectivity index (χ1n) is 7.08. The lowest BCUT2D eigenvalue weighted by atomic mass is 9.98. The van der Waals surface area contributed by atoms with Crippen LogP contribution in [0.15, 0.2) is 36.5 Å². The minimum atomic E-state index is 0.000294. The van der Waals surface area contributed by atoms with E-state index in [9.17, 15) is 0 Å². The van der Waals surface area contributed by atoms with Gasteiger partial charge in [0.1, 0.15) is 0 Å². The van der Waals surface area contributed by atoms with Gasteiger partial charge in [0.2, 0.25) is 0 Å². The van der Waals surface area contributed by atoms with Gasteiger partial charge >= 0.3 is 0 Å². The van der Waals surface area contributed by atoms with Crippen molar-refractivity contribution < 1.29 is 0 Å². The normalized spacial score (nSPS) is 17.8. The maximum atomic E-state index is 9.00. The molecule has 1 aliphatic heterocycles. The van der Waals surface area contributed by atoms with E-state index in [1.54, 1.807) is 0 Å². The van der Waals surface area contributed by atoms with Crippen LogP contribution in [0.5, 0.6) is 0 Å². The predicted molar refractivity (Wildman–Crippen MR) is 82.2 cm³/mol. The topological polar surface area (TPSA) is 32.0 Å². The number of aromatic nitrogens is 1. The number of hydrogen-bond acceptors (Lipinski definition) is 2. The van der Waals surface area contributed by atoms with Gasteiger partial charge in [-0.05, 0) is 25.0 Å². The average molecular weight is 265 g/mol. The average Bonchev–Trinajstić information content (AvgIpc) is 2.84. The summed E-state index contributed by atoms with van der Waals surface area (Å²) >= 11 is 0. The van der Waals surface area contributed by atoms with Crippen molar-refractivity contribution >= 4 is 16.5 Å². The fourth-order valence-electron chi connectivity index (χ4n) is 2.96. The van der Waals surface area contributed by atoms with Crippen molar-refractivity contribution in [2.45, 2.75) is 19.4 Å². The highest BCUT2D eigenvalue weighted by Gasteiger charge is 2.19. The van der Waals surface area contributed by atoms with E-state index in [2.05, 4.69) is 59.1 Å². The molecule has 0 radical (unpaired) electrons. The Hall–Kier alpha value is -2.05. The Balaban J connectivity index is 1.94. The maximum Gasteiger partial charge on any atom is 0.0952 e. The lowest BCUT2D eigenvalue weighted by molar-refractivity contribution is 0.272. The van der Waals surface area contributed by atoms with Gasteiger partial charge in [-0.2, -0.15) is 5.26 Å². The Kier molecular flexibility index (Phi) is 3.33. The van der Waals surface area contributed by atoms with Crippen LogP contribution in [0.1, 0.15) is 18.9 Å². The second-order valence-corrected chi connectivity index (χ2v) is 5.45. The first-order valence-corrected chi connectivity index (χ1v) is 7.08. The molecule has 0 aliphatic carbocycles. The van der Waals surface area contributed by atoms with Gasteiger partial charge in [-0.3, -0.25) is 4.90 Å². The van der Waals surface area contributed by atoms with Crippen LogP contribution in [0, 0.1) is 11.3 Å². The monoisotopic (exact) mass is 265 g/mol. The van der Waals surface area contributed by atoms with Gasteiger partial charge < -0.3 is 4.57 Å². The molecule has 0 bridgehead atoms. The van der Waals surface area contributed by atoms with Crippen LogP contribution in [0.4, 0.5) is 0 Å². The zero-order valence-corrected chi connectivity index (χ0v) is 12.0. The zero-order valence-electron chi connectivity index (χ0n) is 12.0. The summed E-state index contributed by atoms with van der Waals surface area (Å²) in [5.74, 6) is 0. The molecule has 2 heterocycles. The maximum absolute atomic E-state index is 9.00. The van der Waals surface area contributed by atoms with E-state index in [-0.39, 0.29) is 6.04 Å². The van der Waals surface area contributed by atoms with E-state index in [0.717, 1.165) is 19.5 Å². The summed E-state index contributed by atoms with van der Waals surface area (Å²) < 4.78 is 2.19. The summed E-state index contributed by atoms with van der Waals surface area (Å²) in [4.78, 5) is 2.22. The van der Waals surface area contributed by atoms with Crippen molar-refractivity contribution in [3.05, 3.63) is 42.1 Å². The number of nitriles is 1. The van der Waals surface area contributed by atoms with Crippen LogP contribution in [-0.4, -0.2) is 28.6 Å². The molecule has 1 atom stereocenters. The third kappa shape index (κ3) is 2.13. The minimum Gasteiger partial charge on any atom is -0.350 e. The number of nitrogens with zero attached hydrogens (tertiary/aromatic N) is 3. The Labute approximate surface area is 119 Å². The van der Waals surface area contributed by atoms with E-state index in [4.69, 9.17) is 5.26 Å². The second kappa shape index (κ2) is 5.15. The van der Waals surface area contributed by atoms with Crippen molar-refractivity contribution in [2.24, 2.45) is 7.05 Å². The Morgan fingerprint density at radius 2 is 2.10 bits per heavy atom. The lowest BCUT2D eigenvalue weighted by Crippen LogP contribution is -2.35.